The van der Waals surface area contributed by atoms with Crippen LogP contribution < -0.4 is 5.32 Å². The number of anilines is 2. The molecule has 0 spiro atoms. The van der Waals surface area contributed by atoms with E-state index in [0.29, 0.717) is 5.88 Å². The molecule has 4 nitrogen and oxygen atoms in total. The van der Waals surface area contributed by atoms with Crippen molar-refractivity contribution in [3.8, 4) is 0 Å². The number of halogens is 1. The molecular formula is C15H17ClN2O2S. The fourth-order valence-electron chi connectivity index (χ4n) is 1.76. The second kappa shape index (κ2) is 6.47. The van der Waals surface area contributed by atoms with E-state index in [4.69, 9.17) is 11.6 Å². The van der Waals surface area contributed by atoms with Crippen LogP contribution in [0.15, 0.2) is 53.4 Å². The predicted molar refractivity (Wildman–Crippen MR) is 86.6 cm³/mol. The van der Waals surface area contributed by atoms with Crippen LogP contribution in [0.25, 0.3) is 0 Å². The van der Waals surface area contributed by atoms with Crippen LogP contribution in [-0.4, -0.2) is 26.8 Å². The number of hydrogen-bond acceptors (Lipinski definition) is 3. The lowest BCUT2D eigenvalue weighted by molar-refractivity contribution is 0.521. The first-order chi connectivity index (χ1) is 9.93. The molecule has 0 saturated carbocycles. The fraction of sp³-hybridized carbons (Fsp3) is 0.200. The maximum absolute atomic E-state index is 12.0. The highest BCUT2D eigenvalue weighted by molar-refractivity contribution is 7.89. The number of nitrogens with one attached hydrogen (secondary N) is 1. The molecule has 1 N–H and O–H groups in total. The third-order valence-electron chi connectivity index (χ3n) is 3.03. The van der Waals surface area contributed by atoms with E-state index < -0.39 is 10.0 Å². The monoisotopic (exact) mass is 324 g/mol. The SMILES string of the molecule is CN(C)S(=O)(=O)c1ccc(Nc2ccc(CCl)cc2)cc1. The molecule has 2 rings (SSSR count). The minimum Gasteiger partial charge on any atom is -0.356 e. The summed E-state index contributed by atoms with van der Waals surface area (Å²) in [6, 6.07) is 14.4. The Morgan fingerprint density at radius 2 is 1.43 bits per heavy atom. The standard InChI is InChI=1S/C15H17ClN2O2S/c1-18(2)21(19,20)15-9-7-14(8-10-15)17-13-5-3-12(11-16)4-6-13/h3-10,17H,11H2,1-2H3. The molecule has 0 unspecified atom stereocenters. The van der Waals surface area contributed by atoms with Crippen LogP contribution in [-0.2, 0) is 15.9 Å². The molecule has 0 bridgehead atoms. The van der Waals surface area contributed by atoms with Crippen LogP contribution in [0, 0.1) is 0 Å². The van der Waals surface area contributed by atoms with Gasteiger partial charge in [-0.25, -0.2) is 12.7 Å². The number of benzene rings is 2. The zero-order valence-electron chi connectivity index (χ0n) is 11.9. The Bertz CT molecular complexity index is 695. The molecule has 0 amide bonds. The van der Waals surface area contributed by atoms with Gasteiger partial charge in [-0.1, -0.05) is 12.1 Å². The third-order valence-corrected chi connectivity index (χ3v) is 5.17. The summed E-state index contributed by atoms with van der Waals surface area (Å²) in [5.41, 5.74) is 2.80. The van der Waals surface area contributed by atoms with Gasteiger partial charge in [-0.15, -0.1) is 11.6 Å². The molecule has 0 radical (unpaired) electrons. The molecule has 0 fully saturated rings. The Balaban J connectivity index is 2.15. The molecule has 21 heavy (non-hydrogen) atoms. The van der Waals surface area contributed by atoms with Crippen molar-refractivity contribution in [3.63, 3.8) is 0 Å². The summed E-state index contributed by atoms with van der Waals surface area (Å²) in [4.78, 5) is 0.274. The van der Waals surface area contributed by atoms with E-state index in [1.54, 1.807) is 24.3 Å². The summed E-state index contributed by atoms with van der Waals surface area (Å²) in [5.74, 6) is 0.484. The maximum Gasteiger partial charge on any atom is 0.242 e. The number of sulfonamides is 1. The molecular weight excluding hydrogens is 308 g/mol. The van der Waals surface area contributed by atoms with Gasteiger partial charge in [0.2, 0.25) is 10.0 Å². The summed E-state index contributed by atoms with van der Waals surface area (Å²) in [5, 5.41) is 3.21. The summed E-state index contributed by atoms with van der Waals surface area (Å²) in [6.07, 6.45) is 0. The van der Waals surface area contributed by atoms with E-state index in [-0.39, 0.29) is 4.90 Å². The van der Waals surface area contributed by atoms with Gasteiger partial charge in [-0.3, -0.25) is 0 Å². The van der Waals surface area contributed by atoms with Crippen molar-refractivity contribution in [1.29, 1.82) is 0 Å². The molecule has 0 heterocycles. The highest BCUT2D eigenvalue weighted by Gasteiger charge is 2.16. The molecule has 0 saturated heterocycles. The molecule has 0 aliphatic heterocycles. The highest BCUT2D eigenvalue weighted by Crippen LogP contribution is 2.20. The lowest BCUT2D eigenvalue weighted by Gasteiger charge is -2.12. The van der Waals surface area contributed by atoms with Gasteiger partial charge >= 0.3 is 0 Å². The van der Waals surface area contributed by atoms with Gasteiger partial charge in [-0.05, 0) is 42.0 Å². The molecule has 0 aliphatic carbocycles. The zero-order chi connectivity index (χ0) is 15.5. The van der Waals surface area contributed by atoms with Gasteiger partial charge in [0, 0.05) is 31.4 Å². The number of hydrogen-bond donors (Lipinski definition) is 1. The quantitative estimate of drug-likeness (QED) is 0.857. The Kier molecular flexibility index (Phi) is 4.88. The lowest BCUT2D eigenvalue weighted by Crippen LogP contribution is -2.22. The van der Waals surface area contributed by atoms with Gasteiger partial charge in [0.1, 0.15) is 0 Å². The first-order valence-electron chi connectivity index (χ1n) is 6.38. The van der Waals surface area contributed by atoms with Gasteiger partial charge in [0.05, 0.1) is 4.90 Å². The van der Waals surface area contributed by atoms with E-state index in [9.17, 15) is 8.42 Å². The minimum atomic E-state index is -3.38. The normalized spacial score (nSPS) is 11.6. The average molecular weight is 325 g/mol. The largest absolute Gasteiger partial charge is 0.356 e. The van der Waals surface area contributed by atoms with Crippen LogP contribution >= 0.6 is 11.6 Å². The van der Waals surface area contributed by atoms with E-state index in [2.05, 4.69) is 5.32 Å². The Hall–Kier alpha value is -1.56. The molecule has 2 aromatic rings. The van der Waals surface area contributed by atoms with Crippen molar-refractivity contribution < 1.29 is 8.42 Å². The Morgan fingerprint density at radius 1 is 0.952 bits per heavy atom. The van der Waals surface area contributed by atoms with E-state index in [1.807, 2.05) is 24.3 Å². The molecule has 0 atom stereocenters. The van der Waals surface area contributed by atoms with Crippen molar-refractivity contribution in [2.24, 2.45) is 0 Å². The summed E-state index contributed by atoms with van der Waals surface area (Å²) >= 11 is 5.74. The van der Waals surface area contributed by atoms with Gasteiger partial charge in [-0.2, -0.15) is 0 Å². The third kappa shape index (κ3) is 3.75. The second-order valence-corrected chi connectivity index (χ2v) is 7.19. The minimum absolute atomic E-state index is 0.274. The second-order valence-electron chi connectivity index (χ2n) is 4.77. The smallest absolute Gasteiger partial charge is 0.242 e. The first-order valence-corrected chi connectivity index (χ1v) is 8.35. The van der Waals surface area contributed by atoms with Crippen molar-refractivity contribution in [3.05, 3.63) is 54.1 Å². The van der Waals surface area contributed by atoms with Crippen LogP contribution in [0.1, 0.15) is 5.56 Å². The van der Waals surface area contributed by atoms with Gasteiger partial charge < -0.3 is 5.32 Å². The highest BCUT2D eigenvalue weighted by atomic mass is 35.5. The Labute approximate surface area is 130 Å². The summed E-state index contributed by atoms with van der Waals surface area (Å²) in [7, 11) is -0.357. The summed E-state index contributed by atoms with van der Waals surface area (Å²) < 4.78 is 25.1. The van der Waals surface area contributed by atoms with Gasteiger partial charge in [0.25, 0.3) is 0 Å². The predicted octanol–water partition coefficient (Wildman–Crippen LogP) is 3.42. The number of rotatable bonds is 5. The molecule has 0 aliphatic rings. The Morgan fingerprint density at radius 3 is 1.86 bits per heavy atom. The van der Waals surface area contributed by atoms with Crippen molar-refractivity contribution >= 4 is 33.0 Å². The maximum atomic E-state index is 12.0. The average Bonchev–Trinajstić information content (AvgIpc) is 2.48. The number of alkyl halides is 1. The van der Waals surface area contributed by atoms with Crippen LogP contribution in [0.4, 0.5) is 11.4 Å². The summed E-state index contributed by atoms with van der Waals surface area (Å²) in [6.45, 7) is 0. The van der Waals surface area contributed by atoms with Gasteiger partial charge in [0.15, 0.2) is 0 Å². The molecule has 6 heteroatoms. The first kappa shape index (κ1) is 15.8. The van der Waals surface area contributed by atoms with Crippen LogP contribution in [0.2, 0.25) is 0 Å². The number of nitrogens with zero attached hydrogens (tertiary/aromatic N) is 1. The fourth-order valence-corrected chi connectivity index (χ4v) is 2.84. The van der Waals surface area contributed by atoms with Crippen molar-refractivity contribution in [1.82, 2.24) is 4.31 Å². The zero-order valence-corrected chi connectivity index (χ0v) is 13.4. The van der Waals surface area contributed by atoms with Crippen molar-refractivity contribution in [2.45, 2.75) is 10.8 Å². The molecule has 0 aromatic heterocycles. The van der Waals surface area contributed by atoms with Crippen LogP contribution in [0.5, 0.6) is 0 Å². The van der Waals surface area contributed by atoms with Crippen LogP contribution in [0.3, 0.4) is 0 Å². The van der Waals surface area contributed by atoms with E-state index in [0.717, 1.165) is 16.9 Å². The topological polar surface area (TPSA) is 49.4 Å². The molecule has 112 valence electrons. The van der Waals surface area contributed by atoms with E-state index in [1.165, 1.54) is 18.4 Å². The van der Waals surface area contributed by atoms with E-state index >= 15 is 0 Å². The lowest BCUT2D eigenvalue weighted by atomic mass is 10.2. The molecule has 2 aromatic carbocycles. The van der Waals surface area contributed by atoms with Crippen molar-refractivity contribution in [2.75, 3.05) is 19.4 Å².